The first kappa shape index (κ1) is 60.0. The highest BCUT2D eigenvalue weighted by Gasteiger charge is 2.45. The summed E-state index contributed by atoms with van der Waals surface area (Å²) in [6.07, 6.45) is -2.37. The molecule has 3 amide bonds. The molecule has 2 unspecified atom stereocenters. The lowest BCUT2D eigenvalue weighted by atomic mass is 9.85. The zero-order chi connectivity index (χ0) is 59.9. The molecule has 4 aromatic carbocycles. The van der Waals surface area contributed by atoms with Gasteiger partial charge in [-0.1, -0.05) is 63.2 Å². The Labute approximate surface area is 484 Å². The fourth-order valence-corrected chi connectivity index (χ4v) is 13.0. The van der Waals surface area contributed by atoms with Crippen molar-refractivity contribution in [3.63, 3.8) is 0 Å². The van der Waals surface area contributed by atoms with E-state index in [0.717, 1.165) is 56.5 Å². The van der Waals surface area contributed by atoms with E-state index in [-0.39, 0.29) is 106 Å². The van der Waals surface area contributed by atoms with Gasteiger partial charge >= 0.3 is 12.2 Å². The quantitative estimate of drug-likeness (QED) is 0.0402. The summed E-state index contributed by atoms with van der Waals surface area (Å²) >= 11 is 0.685. The Balaban J connectivity index is 0.753. The molecule has 16 nitrogen and oxygen atoms in total. The van der Waals surface area contributed by atoms with Gasteiger partial charge in [0.1, 0.15) is 46.9 Å². The van der Waals surface area contributed by atoms with E-state index in [0.29, 0.717) is 48.5 Å². The van der Waals surface area contributed by atoms with Crippen molar-refractivity contribution in [2.75, 3.05) is 63.2 Å². The molecule has 6 N–H and O–H groups in total. The van der Waals surface area contributed by atoms with Gasteiger partial charge in [0.05, 0.1) is 34.6 Å². The molecule has 4 aliphatic rings. The number of aliphatic hydroxyl groups is 1. The zero-order valence-corrected chi connectivity index (χ0v) is 47.5. The SMILES string of the molecule is C[C@H](NC(=O)[C@@H]1C[C@@H](O)CN1C(=O)[C@@H](NC(=O)CCOCCCN1CCC[C@H]1COc1nc(N2CC3CCC(C2)N3)c2cc(C(F)(F)F)c(-c3ccc(F)c4sc(N)c(C#N)c34)c(F)c2n1)C(C)(C)C)c1ccc(-c2cccc(F)c2F)cc1. The predicted octanol–water partition coefficient (Wildman–Crippen LogP) is 9.16. The van der Waals surface area contributed by atoms with Crippen molar-refractivity contribution in [3.8, 4) is 34.3 Å². The first-order chi connectivity index (χ1) is 40.0. The number of halogens is 7. The van der Waals surface area contributed by atoms with Gasteiger partial charge in [0.25, 0.3) is 0 Å². The Morgan fingerprint density at radius 1 is 0.929 bits per heavy atom. The van der Waals surface area contributed by atoms with E-state index in [1.165, 1.54) is 17.0 Å². The van der Waals surface area contributed by atoms with Crippen LogP contribution in [0.2, 0.25) is 0 Å². The number of rotatable bonds is 18. The number of carbonyl (C=O) groups is 3. The van der Waals surface area contributed by atoms with Gasteiger partial charge in [-0.05, 0) is 85.9 Å². The lowest BCUT2D eigenvalue weighted by Gasteiger charge is -2.35. The van der Waals surface area contributed by atoms with Crippen LogP contribution in [0.5, 0.6) is 6.01 Å². The van der Waals surface area contributed by atoms with E-state index >= 15 is 22.0 Å². The van der Waals surface area contributed by atoms with Gasteiger partial charge in [-0.25, -0.2) is 17.6 Å². The van der Waals surface area contributed by atoms with E-state index in [4.69, 9.17) is 15.2 Å². The lowest BCUT2D eigenvalue weighted by molar-refractivity contribution is -0.144. The number of alkyl halides is 3. The standard InChI is InChI=1S/C60H65F7N10O6S/c1-31(32-11-13-33(14-12-32)38-9-5-10-43(61)49(38)63)70-56(80)45-24-37(78)29-77(45)57(81)53(59(2,3)4)72-46(79)19-23-82-22-7-21-75-20-6-8-36(75)30-83-58-73-51-40(55(74-58)76-27-34-15-16-35(28-76)71-34)25-42(60(65,66)67)48(50(51)64)39-17-18-44(62)52-47(39)41(26-68)54(69)84-52/h5,9-14,17-18,25,31,34-37,45,53,71,78H,6-8,15-16,19-24,27-30,69H2,1-4H3,(H,70,80)(H,72,79)/t31-,34?,35?,36-,37+,45-,53+/m0/s1. The number of nitrogens with one attached hydrogen (secondary N) is 3. The molecule has 446 valence electrons. The first-order valence-corrected chi connectivity index (χ1v) is 28.9. The highest BCUT2D eigenvalue weighted by Crippen LogP contribution is 2.48. The third kappa shape index (κ3) is 12.5. The van der Waals surface area contributed by atoms with Gasteiger partial charge in [0.2, 0.25) is 17.7 Å². The molecule has 4 aliphatic heterocycles. The molecular formula is C60H65F7N10O6S. The number of ether oxygens (including phenoxy) is 2. The Hall–Kier alpha value is -7.17. The van der Waals surface area contributed by atoms with Gasteiger partial charge in [0.15, 0.2) is 17.5 Å². The van der Waals surface area contributed by atoms with Crippen molar-refractivity contribution in [2.45, 2.75) is 121 Å². The van der Waals surface area contributed by atoms with Gasteiger partial charge < -0.3 is 46.1 Å². The van der Waals surface area contributed by atoms with Crippen LogP contribution >= 0.6 is 11.3 Å². The van der Waals surface area contributed by atoms with Crippen LogP contribution in [0.25, 0.3) is 43.2 Å². The minimum Gasteiger partial charge on any atom is -0.462 e. The number of anilines is 2. The number of hydrogen-bond donors (Lipinski definition) is 5. The van der Waals surface area contributed by atoms with Crippen LogP contribution in [0.4, 0.5) is 41.6 Å². The number of nitrogens with two attached hydrogens (primary N) is 1. The molecule has 7 atom stereocenters. The zero-order valence-electron chi connectivity index (χ0n) is 46.7. The smallest absolute Gasteiger partial charge is 0.417 e. The van der Waals surface area contributed by atoms with E-state index in [1.807, 2.05) is 11.0 Å². The summed E-state index contributed by atoms with van der Waals surface area (Å²) in [5.41, 5.74) is 3.12. The van der Waals surface area contributed by atoms with E-state index < -0.39 is 93.5 Å². The largest absolute Gasteiger partial charge is 0.462 e. The number of piperazine rings is 1. The predicted molar refractivity (Wildman–Crippen MR) is 303 cm³/mol. The minimum atomic E-state index is -5.11. The van der Waals surface area contributed by atoms with Crippen molar-refractivity contribution in [1.29, 1.82) is 5.26 Å². The van der Waals surface area contributed by atoms with Crippen LogP contribution in [-0.4, -0.2) is 131 Å². The molecule has 0 aliphatic carbocycles. The summed E-state index contributed by atoms with van der Waals surface area (Å²) in [6.45, 7) is 9.45. The molecule has 4 saturated heterocycles. The van der Waals surface area contributed by atoms with E-state index in [9.17, 15) is 33.5 Å². The van der Waals surface area contributed by atoms with Crippen molar-refractivity contribution in [1.82, 2.24) is 35.7 Å². The average molecular weight is 1190 g/mol. The summed E-state index contributed by atoms with van der Waals surface area (Å²) < 4.78 is 118. The second-order valence-corrected chi connectivity index (χ2v) is 24.3. The monoisotopic (exact) mass is 1190 g/mol. The van der Waals surface area contributed by atoms with Gasteiger partial charge in [-0.2, -0.15) is 28.4 Å². The molecule has 0 spiro atoms. The summed E-state index contributed by atoms with van der Waals surface area (Å²) in [6, 6.07) is 12.2. The molecule has 0 radical (unpaired) electrons. The second-order valence-electron chi connectivity index (χ2n) is 23.2. The van der Waals surface area contributed by atoms with E-state index in [1.54, 1.807) is 52.0 Å². The average Bonchev–Trinajstić information content (AvgIpc) is 1.41. The third-order valence-corrected chi connectivity index (χ3v) is 17.4. The summed E-state index contributed by atoms with van der Waals surface area (Å²) in [4.78, 5) is 55.8. The maximum absolute atomic E-state index is 17.4. The number of β-amino-alcohol motifs (C(OH)–C–C–N with tert-alkyl or cyclic N) is 1. The maximum atomic E-state index is 17.4. The van der Waals surface area contributed by atoms with Crippen molar-refractivity contribution in [3.05, 3.63) is 101 Å². The number of hydrogen-bond acceptors (Lipinski definition) is 14. The molecule has 2 aromatic heterocycles. The summed E-state index contributed by atoms with van der Waals surface area (Å²) in [7, 11) is 0. The molecule has 24 heteroatoms. The highest BCUT2D eigenvalue weighted by molar-refractivity contribution is 7.23. The Bertz CT molecular complexity index is 3510. The Kier molecular flexibility index (Phi) is 17.4. The van der Waals surface area contributed by atoms with Gasteiger partial charge in [-0.15, -0.1) is 11.3 Å². The summed E-state index contributed by atoms with van der Waals surface area (Å²) in [5.74, 6) is -5.52. The number of fused-ring (bicyclic) bond motifs is 4. The molecular weight excluding hydrogens is 1120 g/mol. The molecule has 4 fully saturated rings. The number of thiophene rings is 1. The van der Waals surface area contributed by atoms with Crippen molar-refractivity contribution >= 4 is 60.9 Å². The maximum Gasteiger partial charge on any atom is 0.417 e. The fraction of sp³-hybridized carbons (Fsp3) is 0.467. The topological polar surface area (TPSA) is 211 Å². The number of nitrogens with zero attached hydrogens (tertiary/aromatic N) is 6. The molecule has 6 heterocycles. The number of amides is 3. The second kappa shape index (κ2) is 24.4. The number of nitrogen functional groups attached to an aromatic ring is 1. The van der Waals surface area contributed by atoms with E-state index in [2.05, 4.69) is 30.8 Å². The molecule has 6 aromatic rings. The van der Waals surface area contributed by atoms with Crippen LogP contribution < -0.4 is 31.3 Å². The molecule has 10 rings (SSSR count). The van der Waals surface area contributed by atoms with Crippen LogP contribution in [0.1, 0.15) is 95.4 Å². The Morgan fingerprint density at radius 2 is 1.67 bits per heavy atom. The van der Waals surface area contributed by atoms with Crippen LogP contribution in [-0.2, 0) is 25.3 Å². The number of benzene rings is 4. The molecule has 84 heavy (non-hydrogen) atoms. The first-order valence-electron chi connectivity index (χ1n) is 28.1. The lowest BCUT2D eigenvalue weighted by Crippen LogP contribution is -2.58. The number of aliphatic hydroxyl groups excluding tert-OH is 1. The fourth-order valence-electron chi connectivity index (χ4n) is 12.1. The minimum absolute atomic E-state index is 0.0209. The number of carbonyl (C=O) groups excluding carboxylic acids is 3. The van der Waals surface area contributed by atoms with Crippen LogP contribution in [0.15, 0.2) is 60.7 Å². The highest BCUT2D eigenvalue weighted by atomic mass is 32.1. The van der Waals surface area contributed by atoms with Crippen LogP contribution in [0, 0.1) is 40.0 Å². The number of aromatic nitrogens is 2. The summed E-state index contributed by atoms with van der Waals surface area (Å²) in [5, 5.41) is 29.4. The Morgan fingerprint density at radius 3 is 2.37 bits per heavy atom. The number of nitriles is 1. The normalized spacial score (nSPS) is 20.8. The van der Waals surface area contributed by atoms with Crippen LogP contribution in [0.3, 0.4) is 0 Å². The van der Waals surface area contributed by atoms with Gasteiger partial charge in [0, 0.05) is 85.7 Å². The third-order valence-electron chi connectivity index (χ3n) is 16.3. The molecule has 0 saturated carbocycles. The number of likely N-dealkylation sites (tertiary alicyclic amines) is 2. The van der Waals surface area contributed by atoms with Crippen molar-refractivity contribution in [2.24, 2.45) is 5.41 Å². The molecule has 2 bridgehead atoms. The van der Waals surface area contributed by atoms with Gasteiger partial charge in [-0.3, -0.25) is 19.3 Å². The van der Waals surface area contributed by atoms with Crippen molar-refractivity contribution < 1.29 is 59.7 Å².